The zero-order valence-electron chi connectivity index (χ0n) is 6.03. The molecule has 1 unspecified atom stereocenters. The van der Waals surface area contributed by atoms with Crippen LogP contribution in [0.4, 0.5) is 0 Å². The van der Waals surface area contributed by atoms with E-state index in [-0.39, 0.29) is 11.9 Å². The number of aliphatic imine (C=N–C) groups is 2. The fourth-order valence-corrected chi connectivity index (χ4v) is 1.26. The number of nitrogens with zero attached hydrogens (tertiary/aromatic N) is 2. The van der Waals surface area contributed by atoms with Crippen LogP contribution in [0.5, 0.6) is 0 Å². The van der Waals surface area contributed by atoms with Gasteiger partial charge in [-0.25, -0.2) is 0 Å². The number of rotatable bonds is 0. The van der Waals surface area contributed by atoms with E-state index >= 15 is 0 Å². The summed E-state index contributed by atoms with van der Waals surface area (Å²) in [4.78, 5) is 19.0. The molecule has 2 aliphatic rings. The maximum absolute atomic E-state index is 10.9. The molecule has 0 aliphatic carbocycles. The van der Waals surface area contributed by atoms with Crippen LogP contribution >= 0.6 is 0 Å². The zero-order chi connectivity index (χ0) is 7.68. The SMILES string of the molecule is O=C1C=NC2N=CCC=C2C1. The Kier molecular flexibility index (Phi) is 1.42. The molecule has 0 saturated carbocycles. The van der Waals surface area contributed by atoms with E-state index in [0.29, 0.717) is 6.42 Å². The van der Waals surface area contributed by atoms with Crippen molar-refractivity contribution < 1.29 is 4.79 Å². The third kappa shape index (κ3) is 1.13. The van der Waals surface area contributed by atoms with Crippen LogP contribution in [0, 0.1) is 0 Å². The average Bonchev–Trinajstić information content (AvgIpc) is 2.04. The second kappa shape index (κ2) is 2.42. The molecule has 0 aromatic carbocycles. The summed E-state index contributed by atoms with van der Waals surface area (Å²) in [6.07, 6.45) is 6.51. The van der Waals surface area contributed by atoms with Crippen LogP contribution in [0.15, 0.2) is 21.6 Å². The summed E-state index contributed by atoms with van der Waals surface area (Å²) >= 11 is 0. The monoisotopic (exact) mass is 148 g/mol. The Morgan fingerprint density at radius 1 is 1.45 bits per heavy atom. The third-order valence-electron chi connectivity index (χ3n) is 1.80. The Morgan fingerprint density at radius 3 is 3.27 bits per heavy atom. The van der Waals surface area contributed by atoms with Crippen LogP contribution in [0.2, 0.25) is 0 Å². The number of Topliss-reactive ketones (excluding diaryl/α,β-unsaturated/α-hetero) is 1. The van der Waals surface area contributed by atoms with Gasteiger partial charge in [-0.2, -0.15) is 0 Å². The Morgan fingerprint density at radius 2 is 2.36 bits per heavy atom. The van der Waals surface area contributed by atoms with Gasteiger partial charge in [0.05, 0.1) is 6.21 Å². The maximum atomic E-state index is 10.9. The molecular weight excluding hydrogens is 140 g/mol. The molecule has 0 amide bonds. The molecule has 2 aliphatic heterocycles. The molecule has 1 atom stereocenters. The van der Waals surface area contributed by atoms with Crippen LogP contribution in [0.3, 0.4) is 0 Å². The lowest BCUT2D eigenvalue weighted by molar-refractivity contribution is -0.112. The first-order chi connectivity index (χ1) is 5.36. The van der Waals surface area contributed by atoms with Gasteiger partial charge in [0.25, 0.3) is 0 Å². The molecule has 0 bridgehead atoms. The molecule has 0 aromatic heterocycles. The lowest BCUT2D eigenvalue weighted by Crippen LogP contribution is -2.19. The van der Waals surface area contributed by atoms with E-state index in [1.807, 2.05) is 12.3 Å². The Bertz CT molecular complexity index is 276. The van der Waals surface area contributed by atoms with Crippen LogP contribution in [-0.2, 0) is 4.79 Å². The van der Waals surface area contributed by atoms with E-state index in [1.54, 1.807) is 0 Å². The molecule has 0 N–H and O–H groups in total. The molecule has 3 heteroatoms. The number of carbonyl (C=O) groups excluding carboxylic acids is 1. The van der Waals surface area contributed by atoms with Crippen molar-refractivity contribution in [1.82, 2.24) is 0 Å². The van der Waals surface area contributed by atoms with Gasteiger partial charge < -0.3 is 0 Å². The summed E-state index contributed by atoms with van der Waals surface area (Å²) in [6.45, 7) is 0. The smallest absolute Gasteiger partial charge is 0.177 e. The van der Waals surface area contributed by atoms with Crippen molar-refractivity contribution in [2.75, 3.05) is 0 Å². The van der Waals surface area contributed by atoms with Crippen molar-refractivity contribution in [3.05, 3.63) is 11.6 Å². The highest BCUT2D eigenvalue weighted by molar-refractivity contribution is 6.29. The minimum absolute atomic E-state index is 0.0820. The number of allylic oxidation sites excluding steroid dienone is 1. The summed E-state index contributed by atoms with van der Waals surface area (Å²) < 4.78 is 0. The molecule has 0 saturated heterocycles. The van der Waals surface area contributed by atoms with Gasteiger partial charge in [0.2, 0.25) is 0 Å². The molecular formula is C8H8N2O. The molecule has 0 radical (unpaired) electrons. The van der Waals surface area contributed by atoms with E-state index in [2.05, 4.69) is 9.98 Å². The number of hydrogen-bond donors (Lipinski definition) is 0. The quantitative estimate of drug-likeness (QED) is 0.467. The standard InChI is InChI=1S/C8H8N2O/c11-7-4-6-2-1-3-9-8(6)10-5-7/h2-3,5,8H,1,4H2. The maximum Gasteiger partial charge on any atom is 0.177 e. The Balaban J connectivity index is 2.31. The minimum Gasteiger partial charge on any atom is -0.293 e. The van der Waals surface area contributed by atoms with Gasteiger partial charge in [-0.1, -0.05) is 6.08 Å². The molecule has 3 nitrogen and oxygen atoms in total. The van der Waals surface area contributed by atoms with Gasteiger partial charge >= 0.3 is 0 Å². The first-order valence-electron chi connectivity index (χ1n) is 3.63. The predicted molar refractivity (Wildman–Crippen MR) is 43.1 cm³/mol. The number of fused-ring (bicyclic) bond motifs is 1. The number of dihydropyridines is 1. The largest absolute Gasteiger partial charge is 0.293 e. The van der Waals surface area contributed by atoms with E-state index in [9.17, 15) is 4.79 Å². The normalized spacial score (nSPS) is 28.2. The Hall–Kier alpha value is -1.25. The van der Waals surface area contributed by atoms with Crippen LogP contribution in [0.25, 0.3) is 0 Å². The molecule has 2 rings (SSSR count). The summed E-state index contributed by atoms with van der Waals surface area (Å²) in [5.74, 6) is 0.0876. The summed E-state index contributed by atoms with van der Waals surface area (Å²) in [5, 5.41) is 0. The number of ketones is 1. The van der Waals surface area contributed by atoms with Crippen molar-refractivity contribution in [3.8, 4) is 0 Å². The molecule has 0 spiro atoms. The van der Waals surface area contributed by atoms with Crippen molar-refractivity contribution in [2.24, 2.45) is 9.98 Å². The first kappa shape index (κ1) is 6.46. The molecule has 0 aromatic rings. The van der Waals surface area contributed by atoms with Gasteiger partial charge in [-0.05, 0) is 5.57 Å². The van der Waals surface area contributed by atoms with E-state index in [1.165, 1.54) is 6.21 Å². The highest BCUT2D eigenvalue weighted by Crippen LogP contribution is 2.19. The summed E-state index contributed by atoms with van der Waals surface area (Å²) in [5.41, 5.74) is 1.06. The fraction of sp³-hybridized carbons (Fsp3) is 0.375. The number of carbonyl (C=O) groups is 1. The number of hydrogen-bond acceptors (Lipinski definition) is 3. The highest BCUT2D eigenvalue weighted by Gasteiger charge is 2.19. The first-order valence-corrected chi connectivity index (χ1v) is 3.63. The second-order valence-corrected chi connectivity index (χ2v) is 2.64. The third-order valence-corrected chi connectivity index (χ3v) is 1.80. The van der Waals surface area contributed by atoms with Crippen molar-refractivity contribution in [3.63, 3.8) is 0 Å². The van der Waals surface area contributed by atoms with Crippen molar-refractivity contribution in [2.45, 2.75) is 19.0 Å². The van der Waals surface area contributed by atoms with Crippen molar-refractivity contribution in [1.29, 1.82) is 0 Å². The Labute approximate surface area is 64.5 Å². The second-order valence-electron chi connectivity index (χ2n) is 2.64. The average molecular weight is 148 g/mol. The van der Waals surface area contributed by atoms with Crippen LogP contribution in [-0.4, -0.2) is 24.4 Å². The molecule has 11 heavy (non-hydrogen) atoms. The van der Waals surface area contributed by atoms with E-state index in [0.717, 1.165) is 12.0 Å². The van der Waals surface area contributed by atoms with E-state index in [4.69, 9.17) is 0 Å². The van der Waals surface area contributed by atoms with Crippen molar-refractivity contribution >= 4 is 18.2 Å². The molecule has 2 heterocycles. The predicted octanol–water partition coefficient (Wildman–Crippen LogP) is 0.757. The topological polar surface area (TPSA) is 41.8 Å². The fourth-order valence-electron chi connectivity index (χ4n) is 1.26. The van der Waals surface area contributed by atoms with Gasteiger partial charge in [0.15, 0.2) is 11.9 Å². The van der Waals surface area contributed by atoms with Gasteiger partial charge in [-0.3, -0.25) is 14.8 Å². The van der Waals surface area contributed by atoms with Crippen LogP contribution in [0.1, 0.15) is 12.8 Å². The van der Waals surface area contributed by atoms with Crippen LogP contribution < -0.4 is 0 Å². The van der Waals surface area contributed by atoms with E-state index < -0.39 is 0 Å². The molecule has 0 fully saturated rings. The summed E-state index contributed by atoms with van der Waals surface area (Å²) in [7, 11) is 0. The minimum atomic E-state index is -0.0820. The summed E-state index contributed by atoms with van der Waals surface area (Å²) in [6, 6.07) is 0. The lowest BCUT2D eigenvalue weighted by Gasteiger charge is -2.17. The van der Waals surface area contributed by atoms with Gasteiger partial charge in [-0.15, -0.1) is 0 Å². The zero-order valence-corrected chi connectivity index (χ0v) is 6.03. The molecule has 56 valence electrons. The van der Waals surface area contributed by atoms with Gasteiger partial charge in [0.1, 0.15) is 0 Å². The lowest BCUT2D eigenvalue weighted by atomic mass is 10.0. The van der Waals surface area contributed by atoms with Gasteiger partial charge in [0, 0.05) is 19.1 Å². The highest BCUT2D eigenvalue weighted by atomic mass is 16.1.